The third-order valence-corrected chi connectivity index (χ3v) is 3.30. The minimum atomic E-state index is -0.122. The summed E-state index contributed by atoms with van der Waals surface area (Å²) >= 11 is 0. The second-order valence-corrected chi connectivity index (χ2v) is 5.75. The van der Waals surface area contributed by atoms with Gasteiger partial charge in [0.25, 0.3) is 0 Å². The molecule has 1 aliphatic rings. The van der Waals surface area contributed by atoms with Crippen molar-refractivity contribution in [2.24, 2.45) is 5.73 Å². The first-order valence-electron chi connectivity index (χ1n) is 6.76. The van der Waals surface area contributed by atoms with Crippen LogP contribution in [0, 0.1) is 6.92 Å². The van der Waals surface area contributed by atoms with Crippen LogP contribution < -0.4 is 15.4 Å². The highest BCUT2D eigenvalue weighted by molar-refractivity contribution is 5.61. The molecule has 0 unspecified atom stereocenters. The summed E-state index contributed by atoms with van der Waals surface area (Å²) in [5, 5.41) is 0. The Balaban J connectivity index is 2.20. The van der Waals surface area contributed by atoms with Gasteiger partial charge in [0.05, 0.1) is 12.2 Å². The first-order valence-corrected chi connectivity index (χ1v) is 6.76. The molecule has 1 aromatic carbocycles. The van der Waals surface area contributed by atoms with Crippen molar-refractivity contribution in [2.75, 3.05) is 24.5 Å². The number of anilines is 1. The van der Waals surface area contributed by atoms with Gasteiger partial charge in [-0.15, -0.1) is 0 Å². The molecule has 18 heavy (non-hydrogen) atoms. The van der Waals surface area contributed by atoms with Crippen molar-refractivity contribution < 1.29 is 4.74 Å². The van der Waals surface area contributed by atoms with E-state index in [1.807, 2.05) is 0 Å². The minimum Gasteiger partial charge on any atom is -0.484 e. The van der Waals surface area contributed by atoms with E-state index in [2.05, 4.69) is 43.9 Å². The summed E-state index contributed by atoms with van der Waals surface area (Å²) < 4.78 is 6.07. The quantitative estimate of drug-likeness (QED) is 0.833. The SMILES string of the molecule is Cc1ccc2c(c1)OC(C)(C)CN2CCCCN. The minimum absolute atomic E-state index is 0.122. The molecule has 100 valence electrons. The second-order valence-electron chi connectivity index (χ2n) is 5.75. The number of unbranched alkanes of at least 4 members (excludes halogenated alkanes) is 1. The predicted molar refractivity (Wildman–Crippen MR) is 76.4 cm³/mol. The van der Waals surface area contributed by atoms with Crippen molar-refractivity contribution in [1.29, 1.82) is 0 Å². The fourth-order valence-electron chi connectivity index (χ4n) is 2.49. The van der Waals surface area contributed by atoms with Crippen LogP contribution in [-0.2, 0) is 0 Å². The third-order valence-electron chi connectivity index (χ3n) is 3.30. The Morgan fingerprint density at radius 3 is 2.83 bits per heavy atom. The smallest absolute Gasteiger partial charge is 0.143 e. The first kappa shape index (κ1) is 13.2. The van der Waals surface area contributed by atoms with Gasteiger partial charge in [0.2, 0.25) is 0 Å². The van der Waals surface area contributed by atoms with Crippen LogP contribution in [0.25, 0.3) is 0 Å². The Kier molecular flexibility index (Phi) is 3.81. The van der Waals surface area contributed by atoms with Crippen molar-refractivity contribution >= 4 is 5.69 Å². The largest absolute Gasteiger partial charge is 0.484 e. The summed E-state index contributed by atoms with van der Waals surface area (Å²) in [5.41, 5.74) is 7.91. The number of aryl methyl sites for hydroxylation is 1. The summed E-state index contributed by atoms with van der Waals surface area (Å²) in [6, 6.07) is 6.45. The van der Waals surface area contributed by atoms with Crippen molar-refractivity contribution in [3.05, 3.63) is 23.8 Å². The molecule has 0 aromatic heterocycles. The van der Waals surface area contributed by atoms with Crippen LogP contribution >= 0.6 is 0 Å². The highest BCUT2D eigenvalue weighted by Gasteiger charge is 2.31. The van der Waals surface area contributed by atoms with Crippen LogP contribution in [-0.4, -0.2) is 25.2 Å². The maximum Gasteiger partial charge on any atom is 0.143 e. The molecular weight excluding hydrogens is 224 g/mol. The third kappa shape index (κ3) is 2.96. The summed E-state index contributed by atoms with van der Waals surface area (Å²) in [4.78, 5) is 2.42. The number of hydrogen-bond donors (Lipinski definition) is 1. The number of nitrogens with zero attached hydrogens (tertiary/aromatic N) is 1. The maximum absolute atomic E-state index is 6.07. The van der Waals surface area contributed by atoms with Crippen LogP contribution in [0.3, 0.4) is 0 Å². The molecule has 0 atom stereocenters. The first-order chi connectivity index (χ1) is 8.52. The van der Waals surface area contributed by atoms with E-state index >= 15 is 0 Å². The number of hydrogen-bond acceptors (Lipinski definition) is 3. The Labute approximate surface area is 110 Å². The van der Waals surface area contributed by atoms with Gasteiger partial charge in [-0.2, -0.15) is 0 Å². The van der Waals surface area contributed by atoms with E-state index in [1.165, 1.54) is 11.3 Å². The van der Waals surface area contributed by atoms with Crippen LogP contribution in [0.2, 0.25) is 0 Å². The van der Waals surface area contributed by atoms with Crippen molar-refractivity contribution in [3.63, 3.8) is 0 Å². The van der Waals surface area contributed by atoms with Gasteiger partial charge < -0.3 is 15.4 Å². The van der Waals surface area contributed by atoms with E-state index in [0.29, 0.717) is 0 Å². The maximum atomic E-state index is 6.07. The molecule has 3 nitrogen and oxygen atoms in total. The molecular formula is C15H24N2O. The molecule has 0 bridgehead atoms. The zero-order chi connectivity index (χ0) is 13.2. The van der Waals surface area contributed by atoms with E-state index in [4.69, 9.17) is 10.5 Å². The lowest BCUT2D eigenvalue weighted by atomic mass is 10.0. The average molecular weight is 248 g/mol. The van der Waals surface area contributed by atoms with Gasteiger partial charge in [-0.3, -0.25) is 0 Å². The van der Waals surface area contributed by atoms with Crippen molar-refractivity contribution in [1.82, 2.24) is 0 Å². The van der Waals surface area contributed by atoms with Gasteiger partial charge in [-0.25, -0.2) is 0 Å². The molecule has 0 saturated heterocycles. The van der Waals surface area contributed by atoms with Gasteiger partial charge in [0, 0.05) is 6.54 Å². The van der Waals surface area contributed by atoms with Gasteiger partial charge in [0.1, 0.15) is 11.4 Å². The normalized spacial score (nSPS) is 17.2. The van der Waals surface area contributed by atoms with Crippen molar-refractivity contribution in [2.45, 2.75) is 39.2 Å². The molecule has 2 N–H and O–H groups in total. The molecule has 1 aromatic rings. The number of fused-ring (bicyclic) bond motifs is 1. The Morgan fingerprint density at radius 2 is 2.11 bits per heavy atom. The summed E-state index contributed by atoms with van der Waals surface area (Å²) in [6.07, 6.45) is 2.22. The average Bonchev–Trinajstić information content (AvgIpc) is 2.27. The van der Waals surface area contributed by atoms with Crippen molar-refractivity contribution in [3.8, 4) is 5.75 Å². The number of rotatable bonds is 4. The summed E-state index contributed by atoms with van der Waals surface area (Å²) in [5.74, 6) is 1.01. The van der Waals surface area contributed by atoms with E-state index in [1.54, 1.807) is 0 Å². The Hall–Kier alpha value is -1.22. The topological polar surface area (TPSA) is 38.5 Å². The fraction of sp³-hybridized carbons (Fsp3) is 0.600. The van der Waals surface area contributed by atoms with Crippen LogP contribution in [0.4, 0.5) is 5.69 Å². The number of benzene rings is 1. The number of nitrogens with two attached hydrogens (primary N) is 1. The Morgan fingerprint density at radius 1 is 1.33 bits per heavy atom. The van der Waals surface area contributed by atoms with Crippen LogP contribution in [0.15, 0.2) is 18.2 Å². The second kappa shape index (κ2) is 5.19. The van der Waals surface area contributed by atoms with Crippen LogP contribution in [0.1, 0.15) is 32.3 Å². The standard InChI is InChI=1S/C15H24N2O/c1-12-6-7-13-14(10-12)18-15(2,3)11-17(13)9-5-4-8-16/h6-7,10H,4-5,8-9,11,16H2,1-3H3. The van der Waals surface area contributed by atoms with E-state index in [-0.39, 0.29) is 5.60 Å². The zero-order valence-electron chi connectivity index (χ0n) is 11.7. The molecule has 0 fully saturated rings. The molecule has 3 heteroatoms. The van der Waals surface area contributed by atoms with E-state index < -0.39 is 0 Å². The van der Waals surface area contributed by atoms with Gasteiger partial charge in [-0.05, 0) is 57.9 Å². The highest BCUT2D eigenvalue weighted by Crippen LogP contribution is 2.37. The van der Waals surface area contributed by atoms with E-state index in [0.717, 1.165) is 38.2 Å². The van der Waals surface area contributed by atoms with Crippen LogP contribution in [0.5, 0.6) is 5.75 Å². The molecule has 0 amide bonds. The predicted octanol–water partition coefficient (Wildman–Crippen LogP) is 2.71. The summed E-state index contributed by atoms with van der Waals surface area (Å²) in [7, 11) is 0. The molecule has 1 heterocycles. The molecule has 0 spiro atoms. The molecule has 0 radical (unpaired) electrons. The lowest BCUT2D eigenvalue weighted by Gasteiger charge is -2.41. The zero-order valence-corrected chi connectivity index (χ0v) is 11.7. The molecule has 0 aliphatic carbocycles. The fourth-order valence-corrected chi connectivity index (χ4v) is 2.49. The van der Waals surface area contributed by atoms with Gasteiger partial charge in [0.15, 0.2) is 0 Å². The highest BCUT2D eigenvalue weighted by atomic mass is 16.5. The Bertz CT molecular complexity index is 415. The molecule has 1 aliphatic heterocycles. The van der Waals surface area contributed by atoms with Gasteiger partial charge in [-0.1, -0.05) is 6.07 Å². The monoisotopic (exact) mass is 248 g/mol. The lowest BCUT2D eigenvalue weighted by molar-refractivity contribution is 0.105. The van der Waals surface area contributed by atoms with Gasteiger partial charge >= 0.3 is 0 Å². The number of ether oxygens (including phenoxy) is 1. The molecule has 2 rings (SSSR count). The molecule has 0 saturated carbocycles. The lowest BCUT2D eigenvalue weighted by Crippen LogP contribution is -2.47. The summed E-state index contributed by atoms with van der Waals surface area (Å²) in [6.45, 7) is 9.16. The van der Waals surface area contributed by atoms with E-state index in [9.17, 15) is 0 Å².